The molecule has 0 amide bonds. The first-order valence-electron chi connectivity index (χ1n) is 20.0. The van der Waals surface area contributed by atoms with Crippen molar-refractivity contribution in [3.05, 3.63) is 226 Å². The van der Waals surface area contributed by atoms with Crippen LogP contribution < -0.4 is 20.5 Å². The highest BCUT2D eigenvalue weighted by atomic mass is 35.5. The van der Waals surface area contributed by atoms with Crippen molar-refractivity contribution in [3.8, 4) is 11.5 Å². The Morgan fingerprint density at radius 1 is 0.710 bits per heavy atom. The fourth-order valence-corrected chi connectivity index (χ4v) is 8.66. The average Bonchev–Trinajstić information content (AvgIpc) is 3.62. The van der Waals surface area contributed by atoms with Crippen LogP contribution in [0.2, 0.25) is 0 Å². The number of hydrogen-bond acceptors (Lipinski definition) is 8. The van der Waals surface area contributed by atoms with Crippen LogP contribution in [0, 0.1) is 5.82 Å². The van der Waals surface area contributed by atoms with Crippen LogP contribution in [0.1, 0.15) is 39.6 Å². The van der Waals surface area contributed by atoms with E-state index in [1.54, 1.807) is 38.5 Å². The van der Waals surface area contributed by atoms with E-state index in [0.29, 0.717) is 33.8 Å². The van der Waals surface area contributed by atoms with E-state index >= 15 is 8.78 Å². The van der Waals surface area contributed by atoms with Crippen LogP contribution in [-0.2, 0) is 20.6 Å². The SMILES string of the molecule is COc1ccc(C(Nc2nc(=O)n([C@@H]3O[C@@](CO)(CCl)[C@@H](OC(c4ccccc4)(c4ccccc4)c4ccc(OC)cc4)[C@@H]3F)cc2F)(c2ccccc2)c2ccccc2)cc1. The molecule has 62 heavy (non-hydrogen) atoms. The summed E-state index contributed by atoms with van der Waals surface area (Å²) in [4.78, 5) is 18.4. The molecule has 0 bridgehead atoms. The summed E-state index contributed by atoms with van der Waals surface area (Å²) in [5.74, 6) is -0.622. The highest BCUT2D eigenvalue weighted by Gasteiger charge is 2.60. The van der Waals surface area contributed by atoms with Crippen LogP contribution in [0.3, 0.4) is 0 Å². The zero-order valence-electron chi connectivity index (χ0n) is 33.9. The first-order valence-corrected chi connectivity index (χ1v) is 20.5. The smallest absolute Gasteiger partial charge is 0.351 e. The van der Waals surface area contributed by atoms with E-state index in [4.69, 9.17) is 30.5 Å². The number of nitrogens with zero attached hydrogens (tertiary/aromatic N) is 2. The molecule has 1 aliphatic heterocycles. The van der Waals surface area contributed by atoms with Crippen LogP contribution in [0.5, 0.6) is 11.5 Å². The van der Waals surface area contributed by atoms with E-state index < -0.39 is 65.1 Å². The summed E-state index contributed by atoms with van der Waals surface area (Å²) in [5, 5.41) is 14.3. The Labute approximate surface area is 363 Å². The molecular weight excluding hydrogens is 812 g/mol. The number of hydrogen-bond donors (Lipinski definition) is 2. The number of aliphatic hydroxyl groups is 1. The van der Waals surface area contributed by atoms with Crippen molar-refractivity contribution < 1.29 is 32.8 Å². The maximum absolute atomic E-state index is 17.6. The van der Waals surface area contributed by atoms with Crippen molar-refractivity contribution in [1.82, 2.24) is 9.55 Å². The summed E-state index contributed by atoms with van der Waals surface area (Å²) in [6, 6.07) is 51.6. The molecule has 6 aromatic carbocycles. The summed E-state index contributed by atoms with van der Waals surface area (Å²) >= 11 is 6.60. The number of anilines is 1. The fraction of sp³-hybridized carbons (Fsp3) is 0.200. The van der Waals surface area contributed by atoms with E-state index in [2.05, 4.69) is 10.3 Å². The third-order valence-corrected chi connectivity index (χ3v) is 12.0. The van der Waals surface area contributed by atoms with E-state index in [-0.39, 0.29) is 0 Å². The minimum Gasteiger partial charge on any atom is -0.497 e. The van der Waals surface area contributed by atoms with Gasteiger partial charge < -0.3 is 29.4 Å². The topological polar surface area (TPSA) is 104 Å². The highest BCUT2D eigenvalue weighted by Crippen LogP contribution is 2.49. The molecule has 2 heterocycles. The molecule has 316 valence electrons. The average molecular weight is 856 g/mol. The summed E-state index contributed by atoms with van der Waals surface area (Å²) in [5.41, 5.74) is -1.75. The van der Waals surface area contributed by atoms with Crippen molar-refractivity contribution in [2.75, 3.05) is 32.0 Å². The Morgan fingerprint density at radius 2 is 1.13 bits per heavy atom. The van der Waals surface area contributed by atoms with Crippen molar-refractivity contribution in [1.29, 1.82) is 0 Å². The van der Waals surface area contributed by atoms with E-state index in [0.717, 1.165) is 21.9 Å². The molecule has 8 rings (SSSR count). The molecule has 1 saturated heterocycles. The van der Waals surface area contributed by atoms with Gasteiger partial charge in [-0.1, -0.05) is 146 Å². The maximum atomic E-state index is 17.6. The van der Waals surface area contributed by atoms with Gasteiger partial charge in [-0.15, -0.1) is 11.6 Å². The van der Waals surface area contributed by atoms with Crippen molar-refractivity contribution in [3.63, 3.8) is 0 Å². The molecule has 1 fully saturated rings. The van der Waals surface area contributed by atoms with Crippen LogP contribution in [-0.4, -0.2) is 59.2 Å². The molecule has 9 nitrogen and oxygen atoms in total. The molecule has 2 N–H and O–H groups in total. The number of rotatable bonds is 15. The minimum atomic E-state index is -2.18. The van der Waals surface area contributed by atoms with Crippen LogP contribution >= 0.6 is 11.6 Å². The second kappa shape index (κ2) is 17.9. The fourth-order valence-electron chi connectivity index (χ4n) is 8.36. The lowest BCUT2D eigenvalue weighted by Gasteiger charge is -2.42. The number of aromatic nitrogens is 2. The Morgan fingerprint density at radius 3 is 1.56 bits per heavy atom. The number of aliphatic hydroxyl groups excluding tert-OH is 1. The normalized spacial score (nSPS) is 18.9. The van der Waals surface area contributed by atoms with Crippen LogP contribution in [0.15, 0.2) is 181 Å². The first-order chi connectivity index (χ1) is 30.2. The lowest BCUT2D eigenvalue weighted by atomic mass is 9.77. The monoisotopic (exact) mass is 855 g/mol. The van der Waals surface area contributed by atoms with Crippen molar-refractivity contribution >= 4 is 17.4 Å². The predicted molar refractivity (Wildman–Crippen MR) is 234 cm³/mol. The quantitative estimate of drug-likeness (QED) is 0.0779. The number of ether oxygens (including phenoxy) is 4. The number of halogens is 3. The molecule has 0 saturated carbocycles. The summed E-state index contributed by atoms with van der Waals surface area (Å²) < 4.78 is 59.5. The van der Waals surface area contributed by atoms with E-state index in [1.807, 2.05) is 146 Å². The Balaban J connectivity index is 1.24. The van der Waals surface area contributed by atoms with Crippen LogP contribution in [0.25, 0.3) is 0 Å². The Hall–Kier alpha value is -6.37. The Kier molecular flexibility index (Phi) is 12.2. The lowest BCUT2D eigenvalue weighted by Crippen LogP contribution is -2.53. The highest BCUT2D eigenvalue weighted by molar-refractivity contribution is 6.18. The summed E-state index contributed by atoms with van der Waals surface area (Å²) in [6.45, 7) is -0.802. The van der Waals surface area contributed by atoms with Gasteiger partial charge in [-0.25, -0.2) is 13.6 Å². The standard InChI is InChI=1S/C50H44ClF2N3O6/c1-59-40-27-23-36(24-28-40)49(34-15-7-3-8-16-34,35-17-9-4-10-18-35)55-45-42(52)31-56(47(58)54-45)46-43(53)44(48(32-51,33-57)62-46)61-50(37-19-11-5-12-20-37,38-21-13-6-14-22-38)39-25-29-41(60-2)30-26-39/h3-31,43-44,46,57H,32-33H2,1-2H3,(H,54,55,58)/t43-,44-,46+,48+/m0/s1. The van der Waals surface area contributed by atoms with Gasteiger partial charge >= 0.3 is 5.69 Å². The van der Waals surface area contributed by atoms with Gasteiger partial charge in [0.15, 0.2) is 24.0 Å². The molecular formula is C50H44ClF2N3O6. The number of benzene rings is 6. The lowest BCUT2D eigenvalue weighted by molar-refractivity contribution is -0.154. The van der Waals surface area contributed by atoms with Gasteiger partial charge in [0, 0.05) is 0 Å². The molecule has 4 atom stereocenters. The molecule has 1 aliphatic rings. The molecule has 7 aromatic rings. The van der Waals surface area contributed by atoms with Gasteiger partial charge in [-0.05, 0) is 57.6 Å². The predicted octanol–water partition coefficient (Wildman–Crippen LogP) is 9.02. The third kappa shape index (κ3) is 7.51. The van der Waals surface area contributed by atoms with E-state index in [9.17, 15) is 9.90 Å². The molecule has 0 radical (unpaired) electrons. The maximum Gasteiger partial charge on any atom is 0.351 e. The van der Waals surface area contributed by atoms with Gasteiger partial charge in [0.1, 0.15) is 34.3 Å². The zero-order valence-corrected chi connectivity index (χ0v) is 34.7. The van der Waals surface area contributed by atoms with E-state index in [1.165, 1.54) is 0 Å². The molecule has 0 aliphatic carbocycles. The Bertz CT molecular complexity index is 2540. The van der Waals surface area contributed by atoms with Gasteiger partial charge in [0.05, 0.1) is 32.9 Å². The number of methoxy groups -OCH3 is 2. The molecule has 0 spiro atoms. The number of alkyl halides is 2. The first kappa shape index (κ1) is 42.3. The molecule has 12 heteroatoms. The van der Waals surface area contributed by atoms with Gasteiger partial charge in [-0.2, -0.15) is 4.98 Å². The van der Waals surface area contributed by atoms with Crippen molar-refractivity contribution in [2.45, 2.75) is 35.2 Å². The van der Waals surface area contributed by atoms with Crippen LogP contribution in [0.4, 0.5) is 14.6 Å². The van der Waals surface area contributed by atoms with Gasteiger partial charge in [-0.3, -0.25) is 4.57 Å². The second-order valence-corrected chi connectivity index (χ2v) is 15.2. The third-order valence-electron chi connectivity index (χ3n) is 11.5. The number of nitrogens with one attached hydrogen (secondary N) is 1. The zero-order chi connectivity index (χ0) is 43.3. The summed E-state index contributed by atoms with van der Waals surface area (Å²) in [7, 11) is 3.12. The molecule has 1 aromatic heterocycles. The van der Waals surface area contributed by atoms with Crippen molar-refractivity contribution in [2.24, 2.45) is 0 Å². The van der Waals surface area contributed by atoms with Gasteiger partial charge in [0.25, 0.3) is 0 Å². The molecule has 0 unspecified atom stereocenters. The largest absolute Gasteiger partial charge is 0.497 e. The summed E-state index contributed by atoms with van der Waals surface area (Å²) in [6.07, 6.45) is -4.77. The minimum absolute atomic E-state index is 0.395. The van der Waals surface area contributed by atoms with Gasteiger partial charge in [0.2, 0.25) is 0 Å². The second-order valence-electron chi connectivity index (χ2n) is 15.0.